The largest absolute Gasteiger partial charge is 0.397 e. The topological polar surface area (TPSA) is 104 Å². The lowest BCUT2D eigenvalue weighted by Crippen LogP contribution is -2.18. The Balaban J connectivity index is 1.70. The van der Waals surface area contributed by atoms with Crippen molar-refractivity contribution in [3.63, 3.8) is 0 Å². The van der Waals surface area contributed by atoms with Gasteiger partial charge >= 0.3 is 0 Å². The fourth-order valence-corrected chi connectivity index (χ4v) is 3.32. The van der Waals surface area contributed by atoms with Crippen molar-refractivity contribution in [3.05, 3.63) is 71.1 Å². The van der Waals surface area contributed by atoms with E-state index in [0.717, 1.165) is 16.0 Å². The summed E-state index contributed by atoms with van der Waals surface area (Å²) in [4.78, 5) is 24.7. The number of nitrogens with one attached hydrogen (secondary N) is 2. The van der Waals surface area contributed by atoms with Gasteiger partial charge in [0.1, 0.15) is 0 Å². The highest BCUT2D eigenvalue weighted by molar-refractivity contribution is 7.13. The third kappa shape index (κ3) is 4.72. The number of hydrogen-bond donors (Lipinski definition) is 4. The number of nitrogens with two attached hydrogens (primary N) is 1. The van der Waals surface area contributed by atoms with Crippen LogP contribution in [0.5, 0.6) is 0 Å². The number of amides is 2. The summed E-state index contributed by atoms with van der Waals surface area (Å²) in [7, 11) is 0. The molecule has 0 fully saturated rings. The van der Waals surface area contributed by atoms with Crippen LogP contribution in [0.1, 0.15) is 22.3 Å². The number of hydroxylamine groups is 1. The summed E-state index contributed by atoms with van der Waals surface area (Å²) in [5.41, 5.74) is 11.0. The van der Waals surface area contributed by atoms with E-state index in [1.165, 1.54) is 0 Å². The van der Waals surface area contributed by atoms with Gasteiger partial charge in [0, 0.05) is 16.9 Å². The first-order valence-electron chi connectivity index (χ1n) is 8.33. The molecule has 0 saturated heterocycles. The maximum atomic E-state index is 12.5. The maximum absolute atomic E-state index is 12.5. The first-order chi connectivity index (χ1) is 13.1. The minimum Gasteiger partial charge on any atom is -0.397 e. The molecule has 2 aromatic carbocycles. The number of rotatable bonds is 6. The average molecular weight is 381 g/mol. The van der Waals surface area contributed by atoms with E-state index in [9.17, 15) is 9.59 Å². The van der Waals surface area contributed by atoms with Gasteiger partial charge in [0.05, 0.1) is 11.4 Å². The second-order valence-electron chi connectivity index (χ2n) is 5.97. The molecule has 27 heavy (non-hydrogen) atoms. The number of benzene rings is 2. The fraction of sp³-hybridized carbons (Fsp3) is 0.100. The molecule has 5 N–H and O–H groups in total. The molecule has 138 valence electrons. The number of carbonyl (C=O) groups excluding carboxylic acids is 2. The van der Waals surface area contributed by atoms with Gasteiger partial charge in [0.15, 0.2) is 0 Å². The number of thiophene rings is 1. The molecule has 0 unspecified atom stereocenters. The molecule has 3 rings (SSSR count). The summed E-state index contributed by atoms with van der Waals surface area (Å²) < 4.78 is 0. The van der Waals surface area contributed by atoms with E-state index in [-0.39, 0.29) is 12.3 Å². The van der Waals surface area contributed by atoms with E-state index in [1.807, 2.05) is 29.6 Å². The summed E-state index contributed by atoms with van der Waals surface area (Å²) in [5, 5.41) is 13.4. The Kier molecular flexibility index (Phi) is 5.85. The maximum Gasteiger partial charge on any atom is 0.255 e. The van der Waals surface area contributed by atoms with E-state index < -0.39 is 5.91 Å². The molecule has 1 heterocycles. The van der Waals surface area contributed by atoms with Crippen molar-refractivity contribution in [2.75, 3.05) is 11.1 Å². The third-order valence-electron chi connectivity index (χ3n) is 4.09. The van der Waals surface area contributed by atoms with Gasteiger partial charge in [-0.3, -0.25) is 14.8 Å². The van der Waals surface area contributed by atoms with Crippen molar-refractivity contribution in [2.24, 2.45) is 0 Å². The second-order valence-corrected chi connectivity index (χ2v) is 6.91. The molecule has 7 heteroatoms. The monoisotopic (exact) mass is 381 g/mol. The second kappa shape index (κ2) is 8.48. The van der Waals surface area contributed by atoms with E-state index in [4.69, 9.17) is 10.9 Å². The highest BCUT2D eigenvalue weighted by Crippen LogP contribution is 2.30. The van der Waals surface area contributed by atoms with Gasteiger partial charge in [-0.15, -0.1) is 11.3 Å². The summed E-state index contributed by atoms with van der Waals surface area (Å²) in [6.07, 6.45) is 0.651. The van der Waals surface area contributed by atoms with Crippen LogP contribution >= 0.6 is 11.3 Å². The van der Waals surface area contributed by atoms with Gasteiger partial charge in [-0.25, -0.2) is 5.48 Å². The normalized spacial score (nSPS) is 10.4. The van der Waals surface area contributed by atoms with E-state index in [2.05, 4.69) is 5.32 Å². The Morgan fingerprint density at radius 3 is 2.52 bits per heavy atom. The highest BCUT2D eigenvalue weighted by Gasteiger charge is 2.10. The van der Waals surface area contributed by atoms with Gasteiger partial charge in [0.2, 0.25) is 5.91 Å². The molecule has 1 aromatic heterocycles. The highest BCUT2D eigenvalue weighted by atomic mass is 32.1. The quantitative estimate of drug-likeness (QED) is 0.297. The number of anilines is 2. The molecule has 0 aliphatic rings. The Morgan fingerprint density at radius 2 is 1.85 bits per heavy atom. The Morgan fingerprint density at radius 1 is 1.07 bits per heavy atom. The third-order valence-corrected chi connectivity index (χ3v) is 5.01. The van der Waals surface area contributed by atoms with Crippen LogP contribution in [-0.2, 0) is 11.2 Å². The van der Waals surface area contributed by atoms with Crippen LogP contribution in [0.3, 0.4) is 0 Å². The molecular weight excluding hydrogens is 362 g/mol. The van der Waals surface area contributed by atoms with Crippen molar-refractivity contribution in [1.29, 1.82) is 0 Å². The fourth-order valence-electron chi connectivity index (χ4n) is 2.59. The van der Waals surface area contributed by atoms with Gasteiger partial charge in [-0.2, -0.15) is 0 Å². The molecule has 0 spiro atoms. The number of carbonyl (C=O) groups is 2. The van der Waals surface area contributed by atoms with Crippen molar-refractivity contribution in [2.45, 2.75) is 12.8 Å². The lowest BCUT2D eigenvalue weighted by atomic mass is 10.1. The van der Waals surface area contributed by atoms with Gasteiger partial charge < -0.3 is 11.1 Å². The molecule has 0 bridgehead atoms. The summed E-state index contributed by atoms with van der Waals surface area (Å²) in [5.74, 6) is -0.706. The molecule has 3 aromatic rings. The molecule has 2 amide bonds. The van der Waals surface area contributed by atoms with E-state index >= 15 is 0 Å². The molecule has 0 saturated carbocycles. The van der Waals surface area contributed by atoms with E-state index in [0.29, 0.717) is 23.4 Å². The lowest BCUT2D eigenvalue weighted by Gasteiger charge is -2.10. The van der Waals surface area contributed by atoms with Crippen LogP contribution in [0, 0.1) is 0 Å². The first kappa shape index (κ1) is 18.6. The van der Waals surface area contributed by atoms with Crippen LogP contribution in [-0.4, -0.2) is 17.0 Å². The van der Waals surface area contributed by atoms with Gasteiger partial charge in [-0.05, 0) is 53.3 Å². The minimum absolute atomic E-state index is 0.175. The first-order valence-corrected chi connectivity index (χ1v) is 9.21. The molecule has 0 aliphatic heterocycles. The van der Waals surface area contributed by atoms with Crippen LogP contribution in [0.15, 0.2) is 60.0 Å². The van der Waals surface area contributed by atoms with Crippen molar-refractivity contribution < 1.29 is 14.8 Å². The van der Waals surface area contributed by atoms with Crippen LogP contribution in [0.4, 0.5) is 11.4 Å². The zero-order valence-corrected chi connectivity index (χ0v) is 15.3. The predicted molar refractivity (Wildman–Crippen MR) is 107 cm³/mol. The van der Waals surface area contributed by atoms with Crippen molar-refractivity contribution in [3.8, 4) is 10.4 Å². The standard InChI is InChI=1S/C20H19N3O3S/c21-16-9-8-15(18-2-1-11-27-18)12-17(16)22-20(25)14-6-3-13(4-7-14)5-10-19(24)23-26/h1-4,6-9,11-12,26H,5,10,21H2,(H,22,25)(H,23,24). The summed E-state index contributed by atoms with van der Waals surface area (Å²) in [6, 6.07) is 16.5. The van der Waals surface area contributed by atoms with Gasteiger partial charge in [-0.1, -0.05) is 24.3 Å². The molecule has 0 aliphatic carbocycles. The smallest absolute Gasteiger partial charge is 0.255 e. The average Bonchev–Trinajstić information content (AvgIpc) is 3.23. The van der Waals surface area contributed by atoms with Crippen molar-refractivity contribution in [1.82, 2.24) is 5.48 Å². The zero-order chi connectivity index (χ0) is 19.2. The molecule has 0 atom stereocenters. The summed E-state index contributed by atoms with van der Waals surface area (Å²) >= 11 is 1.62. The number of nitrogen functional groups attached to an aromatic ring is 1. The van der Waals surface area contributed by atoms with Crippen LogP contribution in [0.2, 0.25) is 0 Å². The van der Waals surface area contributed by atoms with Crippen LogP contribution in [0.25, 0.3) is 10.4 Å². The van der Waals surface area contributed by atoms with Crippen molar-refractivity contribution >= 4 is 34.5 Å². The Bertz CT molecular complexity index is 938. The molecule has 6 nitrogen and oxygen atoms in total. The number of aryl methyl sites for hydroxylation is 1. The van der Waals surface area contributed by atoms with Gasteiger partial charge in [0.25, 0.3) is 5.91 Å². The molecular formula is C20H19N3O3S. The van der Waals surface area contributed by atoms with E-state index in [1.54, 1.807) is 47.1 Å². The lowest BCUT2D eigenvalue weighted by molar-refractivity contribution is -0.129. The van der Waals surface area contributed by atoms with Crippen LogP contribution < -0.4 is 16.5 Å². The number of hydrogen-bond acceptors (Lipinski definition) is 5. The minimum atomic E-state index is -0.446. The zero-order valence-electron chi connectivity index (χ0n) is 14.4. The Labute approximate surface area is 160 Å². The summed E-state index contributed by atoms with van der Waals surface area (Å²) in [6.45, 7) is 0. The Hall–Kier alpha value is -3.16. The molecule has 0 radical (unpaired) electrons. The predicted octanol–water partition coefficient (Wildman–Crippen LogP) is 3.69. The SMILES string of the molecule is Nc1ccc(-c2cccs2)cc1NC(=O)c1ccc(CCC(=O)NO)cc1.